The van der Waals surface area contributed by atoms with E-state index in [4.69, 9.17) is 4.74 Å². The van der Waals surface area contributed by atoms with Crippen LogP contribution in [-0.4, -0.2) is 24.5 Å². The summed E-state index contributed by atoms with van der Waals surface area (Å²) in [6, 6.07) is 7.10. The molecule has 7 heteroatoms. The van der Waals surface area contributed by atoms with Crippen LogP contribution in [0.4, 0.5) is 11.4 Å². The second-order valence-electron chi connectivity index (χ2n) is 9.70. The number of allylic oxidation sites excluding steroid dienone is 1. The van der Waals surface area contributed by atoms with Gasteiger partial charge in [-0.3, -0.25) is 4.65 Å². The Bertz CT molecular complexity index is 1230. The number of aryl methyl sites for hydroxylation is 1. The van der Waals surface area contributed by atoms with Gasteiger partial charge in [0.15, 0.2) is 0 Å². The average molecular weight is 431 g/mol. The Morgan fingerprint density at radius 1 is 1.38 bits per heavy atom. The van der Waals surface area contributed by atoms with Crippen LogP contribution in [0.2, 0.25) is 0 Å². The van der Waals surface area contributed by atoms with E-state index in [1.165, 1.54) is 19.5 Å². The van der Waals surface area contributed by atoms with Crippen molar-refractivity contribution in [1.82, 2.24) is 9.63 Å². The van der Waals surface area contributed by atoms with Gasteiger partial charge in [0.1, 0.15) is 5.69 Å². The Hall–Kier alpha value is -3.21. The third-order valence-electron chi connectivity index (χ3n) is 7.23. The normalized spacial score (nSPS) is 25.0. The van der Waals surface area contributed by atoms with Crippen LogP contribution >= 0.6 is 0 Å². The number of nitriles is 1. The number of carbonyl (C=O) groups is 1. The number of pyridine rings is 1. The summed E-state index contributed by atoms with van der Waals surface area (Å²) < 4.78 is 5.10. The molecule has 5 rings (SSSR count). The number of fused-ring (bicyclic) bond motifs is 5. The minimum absolute atomic E-state index is 0.141. The third kappa shape index (κ3) is 2.87. The van der Waals surface area contributed by atoms with E-state index in [2.05, 4.69) is 23.3 Å². The van der Waals surface area contributed by atoms with Crippen LogP contribution in [0.15, 0.2) is 35.7 Å². The first-order valence-corrected chi connectivity index (χ1v) is 10.9. The summed E-state index contributed by atoms with van der Waals surface area (Å²) in [5.74, 6) is -0.517. The van der Waals surface area contributed by atoms with E-state index < -0.39 is 16.5 Å². The molecule has 0 radical (unpaired) electrons. The summed E-state index contributed by atoms with van der Waals surface area (Å²) in [5.41, 5.74) is 5.18. The number of aromatic nitrogens is 1. The lowest BCUT2D eigenvalue weighted by Gasteiger charge is -2.45. The molecule has 0 saturated heterocycles. The zero-order valence-electron chi connectivity index (χ0n) is 18.8. The van der Waals surface area contributed by atoms with Gasteiger partial charge in [0.05, 0.1) is 48.0 Å². The maximum atomic E-state index is 13.5. The number of hydrogen-bond acceptors (Lipinski definition) is 6. The minimum atomic E-state index is -1.18. The molecule has 164 valence electrons. The molecule has 3 aliphatic rings. The Balaban J connectivity index is 1.72. The third-order valence-corrected chi connectivity index (χ3v) is 7.23. The number of carbonyl (C=O) groups excluding carboxylic acids is 1. The maximum absolute atomic E-state index is 13.5. The number of ether oxygens (including phenoxy) is 1. The standard InChI is InChI=1S/C25H26N4O3/c1-14-12-27-23(32-13-25(3)8-5-9-25)21-20-17-7-6-16(11-26)10-18(17)29(4,31)24(30)19(20)15(2)28-22(14)21/h6-7,10,12,20,28H,5,8-9,13H2,1-4H3/t20-,29?/m1/s1. The molecule has 0 bridgehead atoms. The summed E-state index contributed by atoms with van der Waals surface area (Å²) in [7, 11) is 1.33. The summed E-state index contributed by atoms with van der Waals surface area (Å²) in [4.78, 5) is 18.1. The molecule has 1 amide bonds. The van der Waals surface area contributed by atoms with E-state index in [1.807, 2.05) is 13.8 Å². The number of nitrogens with zero attached hydrogens (tertiary/aromatic N) is 3. The molecular weight excluding hydrogens is 404 g/mol. The molecule has 1 aromatic heterocycles. The molecule has 0 spiro atoms. The van der Waals surface area contributed by atoms with Crippen LogP contribution in [0.25, 0.3) is 0 Å². The van der Waals surface area contributed by atoms with Gasteiger partial charge in [0.2, 0.25) is 5.88 Å². The van der Waals surface area contributed by atoms with Crippen molar-refractivity contribution in [3.05, 3.63) is 63.1 Å². The molecule has 2 atom stereocenters. The van der Waals surface area contributed by atoms with E-state index in [1.54, 1.807) is 18.3 Å². The number of anilines is 1. The second-order valence-corrected chi connectivity index (χ2v) is 9.70. The van der Waals surface area contributed by atoms with Crippen molar-refractivity contribution in [2.24, 2.45) is 5.41 Å². The summed E-state index contributed by atoms with van der Waals surface area (Å²) >= 11 is 0. The number of benzene rings is 1. The molecule has 7 nitrogen and oxygen atoms in total. The predicted molar refractivity (Wildman–Crippen MR) is 122 cm³/mol. The van der Waals surface area contributed by atoms with Crippen LogP contribution in [0, 0.1) is 28.9 Å². The first-order chi connectivity index (χ1) is 15.2. The van der Waals surface area contributed by atoms with Crippen LogP contribution in [0.1, 0.15) is 61.3 Å². The first-order valence-electron chi connectivity index (χ1n) is 10.9. The Labute approximate surface area is 187 Å². The molecule has 2 aromatic rings. The van der Waals surface area contributed by atoms with Crippen LogP contribution in [0.5, 0.6) is 5.88 Å². The van der Waals surface area contributed by atoms with Crippen molar-refractivity contribution >= 4 is 17.3 Å². The smallest absolute Gasteiger partial charge is 0.349 e. The largest absolute Gasteiger partial charge is 0.620 e. The Kier molecular flexibility index (Phi) is 4.45. The molecule has 1 fully saturated rings. The maximum Gasteiger partial charge on any atom is 0.349 e. The SMILES string of the molecule is CC1=C2C(=O)[N+](C)([O-])c3cc(C#N)ccc3[C@H]2c2c(OCC3(C)CCC3)ncc(C)c2N1. The van der Waals surface area contributed by atoms with Crippen molar-refractivity contribution in [1.29, 1.82) is 5.26 Å². The number of likely N-dealkylation sites (N-methyl/N-ethyl adjacent to an activating group) is 1. The number of amides is 1. The highest BCUT2D eigenvalue weighted by Gasteiger charge is 2.48. The van der Waals surface area contributed by atoms with Gasteiger partial charge < -0.3 is 15.3 Å². The van der Waals surface area contributed by atoms with Gasteiger partial charge >= 0.3 is 5.91 Å². The second kappa shape index (κ2) is 6.89. The lowest BCUT2D eigenvalue weighted by atomic mass is 9.71. The number of nitrogens with one attached hydrogen (secondary N) is 1. The van der Waals surface area contributed by atoms with E-state index in [9.17, 15) is 15.3 Å². The zero-order chi connectivity index (χ0) is 22.8. The molecule has 2 aliphatic heterocycles. The van der Waals surface area contributed by atoms with Gasteiger partial charge in [-0.05, 0) is 38.3 Å². The van der Waals surface area contributed by atoms with E-state index in [0.717, 1.165) is 29.7 Å². The average Bonchev–Trinajstić information content (AvgIpc) is 2.75. The highest BCUT2D eigenvalue weighted by Crippen LogP contribution is 2.53. The summed E-state index contributed by atoms with van der Waals surface area (Å²) in [6.45, 7) is 6.57. The highest BCUT2D eigenvalue weighted by molar-refractivity contribution is 6.09. The van der Waals surface area contributed by atoms with E-state index >= 15 is 0 Å². The van der Waals surface area contributed by atoms with Gasteiger partial charge in [-0.2, -0.15) is 5.26 Å². The van der Waals surface area contributed by atoms with E-state index in [0.29, 0.717) is 40.6 Å². The van der Waals surface area contributed by atoms with Gasteiger partial charge in [-0.1, -0.05) is 19.4 Å². The monoisotopic (exact) mass is 430 g/mol. The Morgan fingerprint density at radius 3 is 2.78 bits per heavy atom. The molecular formula is C25H26N4O3. The molecule has 1 N–H and O–H groups in total. The summed E-state index contributed by atoms with van der Waals surface area (Å²) in [6.07, 6.45) is 5.23. The van der Waals surface area contributed by atoms with Crippen molar-refractivity contribution < 1.29 is 9.53 Å². The fourth-order valence-electron chi connectivity index (χ4n) is 5.10. The number of quaternary nitrogens is 1. The van der Waals surface area contributed by atoms with Crippen molar-refractivity contribution in [2.45, 2.75) is 46.0 Å². The fourth-order valence-corrected chi connectivity index (χ4v) is 5.10. The molecule has 3 heterocycles. The highest BCUT2D eigenvalue weighted by atomic mass is 16.6. The van der Waals surface area contributed by atoms with Gasteiger partial charge in [-0.25, -0.2) is 9.78 Å². The lowest BCUT2D eigenvalue weighted by Crippen LogP contribution is -2.51. The molecule has 32 heavy (non-hydrogen) atoms. The van der Waals surface area contributed by atoms with Crippen molar-refractivity contribution in [3.8, 4) is 11.9 Å². The van der Waals surface area contributed by atoms with Gasteiger partial charge in [-0.15, -0.1) is 0 Å². The zero-order valence-corrected chi connectivity index (χ0v) is 18.8. The Morgan fingerprint density at radius 2 is 2.12 bits per heavy atom. The van der Waals surface area contributed by atoms with Crippen molar-refractivity contribution in [2.75, 3.05) is 19.0 Å². The number of hydroxylamine groups is 2. The lowest BCUT2D eigenvalue weighted by molar-refractivity contribution is -0.123. The quantitative estimate of drug-likeness (QED) is 0.563. The van der Waals surface area contributed by atoms with Crippen LogP contribution in [-0.2, 0) is 4.79 Å². The minimum Gasteiger partial charge on any atom is -0.620 e. The molecule has 1 saturated carbocycles. The van der Waals surface area contributed by atoms with E-state index in [-0.39, 0.29) is 5.41 Å². The van der Waals surface area contributed by atoms with Crippen LogP contribution in [0.3, 0.4) is 0 Å². The van der Waals surface area contributed by atoms with Gasteiger partial charge in [0.25, 0.3) is 0 Å². The van der Waals surface area contributed by atoms with Gasteiger partial charge in [0, 0.05) is 28.9 Å². The van der Waals surface area contributed by atoms with Crippen LogP contribution < -0.4 is 14.7 Å². The molecule has 1 aliphatic carbocycles. The molecule has 1 aromatic carbocycles. The van der Waals surface area contributed by atoms with Crippen molar-refractivity contribution in [3.63, 3.8) is 0 Å². The predicted octanol–water partition coefficient (Wildman–Crippen LogP) is 4.64. The topological polar surface area (TPSA) is 98.1 Å². The molecule has 1 unspecified atom stereocenters. The first kappa shape index (κ1) is 20.7. The number of hydrogen-bond donors (Lipinski definition) is 1. The summed E-state index contributed by atoms with van der Waals surface area (Å²) in [5, 5.41) is 26.2. The fraction of sp³-hybridized carbons (Fsp3) is 0.400. The number of rotatable bonds is 3.